The molecule has 4 heteroatoms. The molecule has 1 aromatic carbocycles. The first-order chi connectivity index (χ1) is 8.19. The average molecular weight is 232 g/mol. The zero-order chi connectivity index (χ0) is 12.3. The van der Waals surface area contributed by atoms with Crippen LogP contribution in [0.2, 0.25) is 0 Å². The standard InChI is InChI=1S/C13H16N2O2/c1-2-3-12(16)14-10-5-6-11-9(8-10)4-7-13(17)15-11/h5-6,8H,2-4,7H2,1H3,(H,14,16)(H,15,17). The molecule has 0 aliphatic carbocycles. The summed E-state index contributed by atoms with van der Waals surface area (Å²) in [6, 6.07) is 5.59. The number of anilines is 2. The Morgan fingerprint density at radius 1 is 1.41 bits per heavy atom. The molecule has 1 aliphatic rings. The van der Waals surface area contributed by atoms with Crippen molar-refractivity contribution in [2.24, 2.45) is 0 Å². The van der Waals surface area contributed by atoms with Gasteiger partial charge in [0, 0.05) is 24.2 Å². The van der Waals surface area contributed by atoms with Crippen molar-refractivity contribution in [2.75, 3.05) is 10.6 Å². The van der Waals surface area contributed by atoms with Crippen molar-refractivity contribution >= 4 is 23.2 Å². The van der Waals surface area contributed by atoms with Crippen molar-refractivity contribution in [3.8, 4) is 0 Å². The number of fused-ring (bicyclic) bond motifs is 1. The zero-order valence-electron chi connectivity index (χ0n) is 9.88. The van der Waals surface area contributed by atoms with Gasteiger partial charge in [0.1, 0.15) is 0 Å². The molecule has 4 nitrogen and oxygen atoms in total. The molecule has 0 fully saturated rings. The van der Waals surface area contributed by atoms with Crippen LogP contribution in [0.5, 0.6) is 0 Å². The highest BCUT2D eigenvalue weighted by Crippen LogP contribution is 2.25. The number of hydrogen-bond donors (Lipinski definition) is 2. The molecule has 1 heterocycles. The molecule has 17 heavy (non-hydrogen) atoms. The first-order valence-corrected chi connectivity index (χ1v) is 5.91. The van der Waals surface area contributed by atoms with Gasteiger partial charge in [0.2, 0.25) is 11.8 Å². The monoisotopic (exact) mass is 232 g/mol. The van der Waals surface area contributed by atoms with E-state index in [2.05, 4.69) is 10.6 Å². The van der Waals surface area contributed by atoms with Crippen LogP contribution in [0.4, 0.5) is 11.4 Å². The summed E-state index contributed by atoms with van der Waals surface area (Å²) in [5, 5.41) is 5.67. The molecule has 0 saturated carbocycles. The van der Waals surface area contributed by atoms with Crippen molar-refractivity contribution in [1.82, 2.24) is 0 Å². The summed E-state index contributed by atoms with van der Waals surface area (Å²) in [7, 11) is 0. The summed E-state index contributed by atoms with van der Waals surface area (Å²) < 4.78 is 0. The van der Waals surface area contributed by atoms with Crippen LogP contribution in [0.3, 0.4) is 0 Å². The Hall–Kier alpha value is -1.84. The second kappa shape index (κ2) is 4.99. The van der Waals surface area contributed by atoms with Gasteiger partial charge in [-0.1, -0.05) is 6.92 Å². The number of nitrogens with one attached hydrogen (secondary N) is 2. The quantitative estimate of drug-likeness (QED) is 0.840. The number of carbonyl (C=O) groups excluding carboxylic acids is 2. The Bertz CT molecular complexity index is 455. The Labute approximate surface area is 100 Å². The fourth-order valence-electron chi connectivity index (χ4n) is 1.91. The van der Waals surface area contributed by atoms with Gasteiger partial charge in [-0.3, -0.25) is 9.59 Å². The minimum atomic E-state index is 0.0345. The third-order valence-corrected chi connectivity index (χ3v) is 2.76. The number of rotatable bonds is 3. The first-order valence-electron chi connectivity index (χ1n) is 5.91. The number of carbonyl (C=O) groups is 2. The van der Waals surface area contributed by atoms with E-state index < -0.39 is 0 Å². The number of benzene rings is 1. The van der Waals surface area contributed by atoms with Gasteiger partial charge in [-0.2, -0.15) is 0 Å². The molecule has 90 valence electrons. The van der Waals surface area contributed by atoms with Gasteiger partial charge in [-0.25, -0.2) is 0 Å². The van der Waals surface area contributed by atoms with Gasteiger partial charge in [-0.05, 0) is 36.6 Å². The second-order valence-corrected chi connectivity index (χ2v) is 4.22. The predicted octanol–water partition coefficient (Wildman–Crippen LogP) is 2.31. The third-order valence-electron chi connectivity index (χ3n) is 2.76. The Kier molecular flexibility index (Phi) is 3.42. The molecule has 0 radical (unpaired) electrons. The highest BCUT2D eigenvalue weighted by molar-refractivity contribution is 5.95. The van der Waals surface area contributed by atoms with Crippen molar-refractivity contribution in [3.05, 3.63) is 23.8 Å². The van der Waals surface area contributed by atoms with E-state index in [9.17, 15) is 9.59 Å². The molecule has 1 aliphatic heterocycles. The maximum absolute atomic E-state index is 11.5. The maximum Gasteiger partial charge on any atom is 0.224 e. The van der Waals surface area contributed by atoms with E-state index >= 15 is 0 Å². The van der Waals surface area contributed by atoms with Crippen LogP contribution in [0.15, 0.2) is 18.2 Å². The van der Waals surface area contributed by atoms with Crippen LogP contribution in [0, 0.1) is 0 Å². The molecular formula is C13H16N2O2. The lowest BCUT2D eigenvalue weighted by atomic mass is 10.0. The summed E-state index contributed by atoms with van der Waals surface area (Å²) in [5.74, 6) is 0.0903. The third kappa shape index (κ3) is 2.84. The topological polar surface area (TPSA) is 58.2 Å². The summed E-state index contributed by atoms with van der Waals surface area (Å²) in [6.45, 7) is 1.97. The smallest absolute Gasteiger partial charge is 0.224 e. The van der Waals surface area contributed by atoms with E-state index in [1.165, 1.54) is 0 Å². The van der Waals surface area contributed by atoms with Crippen molar-refractivity contribution < 1.29 is 9.59 Å². The van der Waals surface area contributed by atoms with Crippen LogP contribution >= 0.6 is 0 Å². The molecule has 2 amide bonds. The van der Waals surface area contributed by atoms with Crippen LogP contribution in [0.1, 0.15) is 31.7 Å². The zero-order valence-corrected chi connectivity index (χ0v) is 9.88. The molecule has 2 N–H and O–H groups in total. The Morgan fingerprint density at radius 3 is 3.00 bits per heavy atom. The normalized spacial score (nSPS) is 13.8. The lowest BCUT2D eigenvalue weighted by molar-refractivity contribution is -0.117. The van der Waals surface area contributed by atoms with Gasteiger partial charge in [-0.15, -0.1) is 0 Å². The molecule has 0 aromatic heterocycles. The van der Waals surface area contributed by atoms with E-state index in [4.69, 9.17) is 0 Å². The molecular weight excluding hydrogens is 216 g/mol. The summed E-state index contributed by atoms with van der Waals surface area (Å²) in [4.78, 5) is 22.6. The molecule has 0 spiro atoms. The fraction of sp³-hybridized carbons (Fsp3) is 0.385. The summed E-state index contributed by atoms with van der Waals surface area (Å²) in [6.07, 6.45) is 2.62. The van der Waals surface area contributed by atoms with Gasteiger partial charge in [0.25, 0.3) is 0 Å². The van der Waals surface area contributed by atoms with Crippen LogP contribution in [-0.2, 0) is 16.0 Å². The van der Waals surface area contributed by atoms with E-state index in [1.807, 2.05) is 25.1 Å². The van der Waals surface area contributed by atoms with Crippen LogP contribution in [0.25, 0.3) is 0 Å². The second-order valence-electron chi connectivity index (χ2n) is 4.22. The first kappa shape index (κ1) is 11.6. The van der Waals surface area contributed by atoms with E-state index in [0.717, 1.165) is 29.8 Å². The Morgan fingerprint density at radius 2 is 2.24 bits per heavy atom. The molecule has 0 bridgehead atoms. The molecule has 0 unspecified atom stereocenters. The van der Waals surface area contributed by atoms with Crippen molar-refractivity contribution in [3.63, 3.8) is 0 Å². The molecule has 2 rings (SSSR count). The summed E-state index contributed by atoms with van der Waals surface area (Å²) in [5.41, 5.74) is 2.74. The van der Waals surface area contributed by atoms with Gasteiger partial charge >= 0.3 is 0 Å². The molecule has 0 atom stereocenters. The van der Waals surface area contributed by atoms with E-state index in [0.29, 0.717) is 12.8 Å². The molecule has 0 saturated heterocycles. The number of hydrogen-bond acceptors (Lipinski definition) is 2. The van der Waals surface area contributed by atoms with Crippen LogP contribution in [-0.4, -0.2) is 11.8 Å². The highest BCUT2D eigenvalue weighted by Gasteiger charge is 2.14. The predicted molar refractivity (Wildman–Crippen MR) is 66.9 cm³/mol. The average Bonchev–Trinajstić information content (AvgIpc) is 2.29. The molecule has 1 aromatic rings. The van der Waals surface area contributed by atoms with Gasteiger partial charge in [0.15, 0.2) is 0 Å². The largest absolute Gasteiger partial charge is 0.326 e. The minimum Gasteiger partial charge on any atom is -0.326 e. The summed E-state index contributed by atoms with van der Waals surface area (Å²) >= 11 is 0. The fourth-order valence-corrected chi connectivity index (χ4v) is 1.91. The highest BCUT2D eigenvalue weighted by atomic mass is 16.2. The Balaban J connectivity index is 2.11. The van der Waals surface area contributed by atoms with Crippen molar-refractivity contribution in [1.29, 1.82) is 0 Å². The number of amides is 2. The number of aryl methyl sites for hydroxylation is 1. The van der Waals surface area contributed by atoms with E-state index in [-0.39, 0.29) is 11.8 Å². The lowest BCUT2D eigenvalue weighted by Gasteiger charge is -2.17. The minimum absolute atomic E-state index is 0.0345. The van der Waals surface area contributed by atoms with Gasteiger partial charge < -0.3 is 10.6 Å². The van der Waals surface area contributed by atoms with Crippen molar-refractivity contribution in [2.45, 2.75) is 32.6 Å². The lowest BCUT2D eigenvalue weighted by Crippen LogP contribution is -2.19. The SMILES string of the molecule is CCCC(=O)Nc1ccc2c(c1)CCC(=O)N2. The maximum atomic E-state index is 11.5. The van der Waals surface area contributed by atoms with E-state index in [1.54, 1.807) is 0 Å². The van der Waals surface area contributed by atoms with Crippen LogP contribution < -0.4 is 10.6 Å². The van der Waals surface area contributed by atoms with Gasteiger partial charge in [0.05, 0.1) is 0 Å².